The summed E-state index contributed by atoms with van der Waals surface area (Å²) in [6.45, 7) is 4.67. The lowest BCUT2D eigenvalue weighted by Crippen LogP contribution is -2.15. The fourth-order valence-electron chi connectivity index (χ4n) is 6.63. The highest BCUT2D eigenvalue weighted by molar-refractivity contribution is 7.25. The maximum atomic E-state index is 3.81. The fourth-order valence-corrected chi connectivity index (χ4v) is 7.76. The Labute approximate surface area is 244 Å². The molecule has 7 aromatic rings. The number of fused-ring (bicyclic) bond motifs is 6. The summed E-state index contributed by atoms with van der Waals surface area (Å²) in [5.41, 5.74) is 12.6. The Morgan fingerprint density at radius 3 is 2.15 bits per heavy atom. The zero-order valence-corrected chi connectivity index (χ0v) is 23.9. The Kier molecular flexibility index (Phi) is 5.42. The van der Waals surface area contributed by atoms with Crippen LogP contribution in [0.25, 0.3) is 53.6 Å². The molecule has 0 amide bonds. The second-order valence-electron chi connectivity index (χ2n) is 11.5. The molecule has 0 saturated carbocycles. The van der Waals surface area contributed by atoms with Crippen LogP contribution < -0.4 is 5.32 Å². The standard InChI is InChI=1S/C39H29NS/c1-39(2)33-16-8-6-13-29(33)30-21-20-27(24-34(30)39)40-35-22-19-26(23-32(35)25-11-4-3-5-12-25)28-15-10-18-37-38(28)31-14-7-9-17-36(31)41-37/h3-24,40H,1-2H3. The molecule has 0 bridgehead atoms. The van der Waals surface area contributed by atoms with E-state index in [9.17, 15) is 0 Å². The highest BCUT2D eigenvalue weighted by Gasteiger charge is 2.35. The second-order valence-corrected chi connectivity index (χ2v) is 12.5. The maximum absolute atomic E-state index is 3.81. The molecule has 1 aliphatic rings. The van der Waals surface area contributed by atoms with Crippen LogP contribution in [0, 0.1) is 0 Å². The third kappa shape index (κ3) is 3.83. The van der Waals surface area contributed by atoms with Crippen molar-refractivity contribution in [2.75, 3.05) is 5.32 Å². The monoisotopic (exact) mass is 543 g/mol. The normalized spacial score (nSPS) is 13.3. The van der Waals surface area contributed by atoms with Gasteiger partial charge in [0.15, 0.2) is 0 Å². The van der Waals surface area contributed by atoms with E-state index in [0.29, 0.717) is 0 Å². The molecule has 0 fully saturated rings. The first-order valence-corrected chi connectivity index (χ1v) is 15.0. The van der Waals surface area contributed by atoms with Crippen molar-refractivity contribution in [3.8, 4) is 33.4 Å². The summed E-state index contributed by atoms with van der Waals surface area (Å²) >= 11 is 1.87. The van der Waals surface area contributed by atoms with E-state index in [2.05, 4.69) is 153 Å². The van der Waals surface area contributed by atoms with E-state index >= 15 is 0 Å². The van der Waals surface area contributed by atoms with E-state index < -0.39 is 0 Å². The number of hydrogen-bond acceptors (Lipinski definition) is 2. The van der Waals surface area contributed by atoms with Crippen molar-refractivity contribution in [1.82, 2.24) is 0 Å². The van der Waals surface area contributed by atoms with Crippen LogP contribution in [0.1, 0.15) is 25.0 Å². The lowest BCUT2D eigenvalue weighted by molar-refractivity contribution is 0.660. The molecule has 0 radical (unpaired) electrons. The number of nitrogens with one attached hydrogen (secondary N) is 1. The number of benzene rings is 6. The third-order valence-electron chi connectivity index (χ3n) is 8.68. The average molecular weight is 544 g/mol. The van der Waals surface area contributed by atoms with Gasteiger partial charge in [-0.3, -0.25) is 0 Å². The first kappa shape index (κ1) is 24.2. The molecule has 6 aromatic carbocycles. The van der Waals surface area contributed by atoms with Crippen molar-refractivity contribution in [2.45, 2.75) is 19.3 Å². The van der Waals surface area contributed by atoms with Gasteiger partial charge in [-0.1, -0.05) is 111 Å². The van der Waals surface area contributed by atoms with Crippen LogP contribution in [0.15, 0.2) is 133 Å². The van der Waals surface area contributed by atoms with Crippen LogP contribution in [-0.4, -0.2) is 0 Å². The molecule has 0 saturated heterocycles. The van der Waals surface area contributed by atoms with Gasteiger partial charge in [0, 0.05) is 42.5 Å². The Bertz CT molecular complexity index is 2100. The molecule has 0 unspecified atom stereocenters. The van der Waals surface area contributed by atoms with Crippen LogP contribution in [0.4, 0.5) is 11.4 Å². The zero-order chi connectivity index (χ0) is 27.6. The average Bonchev–Trinajstić information content (AvgIpc) is 3.50. The quantitative estimate of drug-likeness (QED) is 0.233. The van der Waals surface area contributed by atoms with Crippen LogP contribution in [0.3, 0.4) is 0 Å². The van der Waals surface area contributed by atoms with Crippen molar-refractivity contribution < 1.29 is 0 Å². The summed E-state index contributed by atoms with van der Waals surface area (Å²) in [6, 6.07) is 48.7. The predicted octanol–water partition coefficient (Wildman–Crippen LogP) is 11.4. The lowest BCUT2D eigenvalue weighted by Gasteiger charge is -2.22. The van der Waals surface area contributed by atoms with Crippen LogP contribution in [-0.2, 0) is 5.41 Å². The van der Waals surface area contributed by atoms with Gasteiger partial charge in [-0.25, -0.2) is 0 Å². The largest absolute Gasteiger partial charge is 0.355 e. The minimum atomic E-state index is -0.0300. The third-order valence-corrected chi connectivity index (χ3v) is 9.82. The number of anilines is 2. The van der Waals surface area contributed by atoms with E-state index in [4.69, 9.17) is 0 Å². The molecule has 41 heavy (non-hydrogen) atoms. The van der Waals surface area contributed by atoms with Crippen molar-refractivity contribution in [3.63, 3.8) is 0 Å². The molecule has 1 N–H and O–H groups in total. The Morgan fingerprint density at radius 1 is 0.512 bits per heavy atom. The van der Waals surface area contributed by atoms with Gasteiger partial charge in [0.1, 0.15) is 0 Å². The number of thiophene rings is 1. The summed E-state index contributed by atoms with van der Waals surface area (Å²) < 4.78 is 2.66. The molecule has 1 aliphatic carbocycles. The topological polar surface area (TPSA) is 12.0 Å². The highest BCUT2D eigenvalue weighted by atomic mass is 32.1. The van der Waals surface area contributed by atoms with Gasteiger partial charge in [0.2, 0.25) is 0 Å². The second kappa shape index (κ2) is 9.19. The molecular weight excluding hydrogens is 515 g/mol. The Hall–Kier alpha value is -4.66. The zero-order valence-electron chi connectivity index (χ0n) is 23.1. The highest BCUT2D eigenvalue weighted by Crippen LogP contribution is 2.49. The van der Waals surface area contributed by atoms with Crippen LogP contribution >= 0.6 is 11.3 Å². The minimum Gasteiger partial charge on any atom is -0.355 e. The van der Waals surface area contributed by atoms with E-state index in [1.165, 1.54) is 64.7 Å². The Balaban J connectivity index is 1.25. The van der Waals surface area contributed by atoms with Gasteiger partial charge in [0.25, 0.3) is 0 Å². The van der Waals surface area contributed by atoms with Gasteiger partial charge in [-0.2, -0.15) is 0 Å². The van der Waals surface area contributed by atoms with Gasteiger partial charge < -0.3 is 5.32 Å². The number of rotatable bonds is 4. The van der Waals surface area contributed by atoms with Crippen molar-refractivity contribution >= 4 is 42.9 Å². The first-order valence-electron chi connectivity index (χ1n) is 14.2. The lowest BCUT2D eigenvalue weighted by atomic mass is 9.82. The van der Waals surface area contributed by atoms with E-state index in [1.807, 2.05) is 11.3 Å². The molecule has 0 atom stereocenters. The molecule has 2 heteroatoms. The summed E-state index contributed by atoms with van der Waals surface area (Å²) in [4.78, 5) is 0. The van der Waals surface area contributed by atoms with Gasteiger partial charge >= 0.3 is 0 Å². The summed E-state index contributed by atoms with van der Waals surface area (Å²) in [6.07, 6.45) is 0. The molecule has 196 valence electrons. The fraction of sp³-hybridized carbons (Fsp3) is 0.0769. The van der Waals surface area contributed by atoms with Gasteiger partial charge in [-0.05, 0) is 75.3 Å². The number of hydrogen-bond donors (Lipinski definition) is 1. The maximum Gasteiger partial charge on any atom is 0.0464 e. The molecular formula is C39H29NS. The predicted molar refractivity (Wildman–Crippen MR) is 177 cm³/mol. The molecule has 1 nitrogen and oxygen atoms in total. The first-order chi connectivity index (χ1) is 20.1. The Morgan fingerprint density at radius 2 is 1.24 bits per heavy atom. The van der Waals surface area contributed by atoms with Gasteiger partial charge in [0.05, 0.1) is 0 Å². The molecule has 1 heterocycles. The van der Waals surface area contributed by atoms with Crippen molar-refractivity contribution in [1.29, 1.82) is 0 Å². The van der Waals surface area contributed by atoms with E-state index in [0.717, 1.165) is 11.4 Å². The molecule has 8 rings (SSSR count). The van der Waals surface area contributed by atoms with E-state index in [-0.39, 0.29) is 5.41 Å². The summed E-state index contributed by atoms with van der Waals surface area (Å²) in [5, 5.41) is 6.48. The molecule has 0 aliphatic heterocycles. The molecule has 1 aromatic heterocycles. The smallest absolute Gasteiger partial charge is 0.0464 e. The van der Waals surface area contributed by atoms with Crippen LogP contribution in [0.2, 0.25) is 0 Å². The van der Waals surface area contributed by atoms with Crippen molar-refractivity contribution in [2.24, 2.45) is 0 Å². The minimum absolute atomic E-state index is 0.0300. The van der Waals surface area contributed by atoms with Crippen molar-refractivity contribution in [3.05, 3.63) is 145 Å². The SMILES string of the molecule is CC1(C)c2ccccc2-c2ccc(Nc3ccc(-c4cccc5sc6ccccc6c45)cc3-c3ccccc3)cc21. The van der Waals surface area contributed by atoms with Crippen LogP contribution in [0.5, 0.6) is 0 Å². The van der Waals surface area contributed by atoms with E-state index in [1.54, 1.807) is 0 Å². The van der Waals surface area contributed by atoms with Gasteiger partial charge in [-0.15, -0.1) is 11.3 Å². The summed E-state index contributed by atoms with van der Waals surface area (Å²) in [7, 11) is 0. The summed E-state index contributed by atoms with van der Waals surface area (Å²) in [5.74, 6) is 0. The molecule has 0 spiro atoms.